The summed E-state index contributed by atoms with van der Waals surface area (Å²) in [5.41, 5.74) is 1.89. The Hall–Kier alpha value is -3.75. The SMILES string of the molecule is C=CCCCCCCCCCNC(Cc1ccccc1)C(=O)OCC(O)COC(=O)C(Cc1ccccc1)NC(=O)CCCCCCCCC=C. The molecule has 3 unspecified atom stereocenters. The van der Waals surface area contributed by atoms with Gasteiger partial charge in [0.25, 0.3) is 0 Å². The Balaban J connectivity index is 1.81. The van der Waals surface area contributed by atoms with Crippen LogP contribution in [0.5, 0.6) is 0 Å². The summed E-state index contributed by atoms with van der Waals surface area (Å²) in [7, 11) is 0. The summed E-state index contributed by atoms with van der Waals surface area (Å²) in [6.45, 7) is 7.55. The highest BCUT2D eigenvalue weighted by molar-refractivity contribution is 5.84. The van der Waals surface area contributed by atoms with E-state index < -0.39 is 30.1 Å². The summed E-state index contributed by atoms with van der Waals surface area (Å²) < 4.78 is 10.9. The van der Waals surface area contributed by atoms with Crippen LogP contribution >= 0.6 is 0 Å². The van der Waals surface area contributed by atoms with Crippen LogP contribution in [0, 0.1) is 0 Å². The van der Waals surface area contributed by atoms with Crippen molar-refractivity contribution in [1.82, 2.24) is 10.6 Å². The first kappa shape index (κ1) is 43.4. The van der Waals surface area contributed by atoms with E-state index in [1.807, 2.05) is 72.8 Å². The minimum atomic E-state index is -1.21. The van der Waals surface area contributed by atoms with Crippen LogP contribution in [0.4, 0.5) is 0 Å². The van der Waals surface area contributed by atoms with Gasteiger partial charge in [-0.3, -0.25) is 9.59 Å². The molecule has 0 aromatic heterocycles. The van der Waals surface area contributed by atoms with Gasteiger partial charge in [-0.2, -0.15) is 0 Å². The molecule has 3 N–H and O–H groups in total. The van der Waals surface area contributed by atoms with Crippen LogP contribution in [-0.4, -0.2) is 60.9 Å². The molecule has 51 heavy (non-hydrogen) atoms. The first-order valence-electron chi connectivity index (χ1n) is 19.3. The van der Waals surface area contributed by atoms with Gasteiger partial charge in [-0.1, -0.05) is 131 Å². The van der Waals surface area contributed by atoms with Gasteiger partial charge in [0, 0.05) is 12.8 Å². The third-order valence-corrected chi connectivity index (χ3v) is 8.84. The second-order valence-electron chi connectivity index (χ2n) is 13.4. The molecule has 2 aromatic rings. The minimum absolute atomic E-state index is 0.203. The zero-order valence-electron chi connectivity index (χ0n) is 30.9. The monoisotopic (exact) mass is 704 g/mol. The molecule has 0 saturated carbocycles. The van der Waals surface area contributed by atoms with E-state index in [4.69, 9.17) is 9.47 Å². The summed E-state index contributed by atoms with van der Waals surface area (Å²) in [6, 6.07) is 17.7. The lowest BCUT2D eigenvalue weighted by Crippen LogP contribution is -2.44. The number of amides is 1. The molecule has 2 rings (SSSR count). The zero-order valence-corrected chi connectivity index (χ0v) is 30.9. The predicted molar refractivity (Wildman–Crippen MR) is 206 cm³/mol. The van der Waals surface area contributed by atoms with Crippen LogP contribution in [0.1, 0.15) is 114 Å². The highest BCUT2D eigenvalue weighted by atomic mass is 16.6. The quantitative estimate of drug-likeness (QED) is 0.0415. The molecule has 0 saturated heterocycles. The number of benzene rings is 2. The van der Waals surface area contributed by atoms with E-state index in [0.717, 1.165) is 75.3 Å². The molecule has 3 atom stereocenters. The van der Waals surface area contributed by atoms with Crippen molar-refractivity contribution in [3.8, 4) is 0 Å². The molecule has 2 aromatic carbocycles. The molecule has 282 valence electrons. The van der Waals surface area contributed by atoms with E-state index in [2.05, 4.69) is 23.8 Å². The summed E-state index contributed by atoms with van der Waals surface area (Å²) in [5, 5.41) is 16.8. The molecule has 8 heteroatoms. The van der Waals surface area contributed by atoms with Crippen molar-refractivity contribution in [3.05, 3.63) is 97.1 Å². The molecule has 0 fully saturated rings. The number of allylic oxidation sites excluding steroid dienone is 2. The number of hydrogen-bond acceptors (Lipinski definition) is 7. The third kappa shape index (κ3) is 21.9. The molecule has 0 heterocycles. The number of nitrogens with one attached hydrogen (secondary N) is 2. The number of carbonyl (C=O) groups excluding carboxylic acids is 3. The van der Waals surface area contributed by atoms with Crippen LogP contribution < -0.4 is 10.6 Å². The fourth-order valence-corrected chi connectivity index (χ4v) is 5.86. The molecular weight excluding hydrogens is 640 g/mol. The third-order valence-electron chi connectivity index (χ3n) is 8.84. The Morgan fingerprint density at radius 3 is 1.55 bits per heavy atom. The Labute approximate surface area is 307 Å². The number of hydrogen-bond donors (Lipinski definition) is 3. The summed E-state index contributed by atoms with van der Waals surface area (Å²) >= 11 is 0. The molecule has 0 bridgehead atoms. The maximum Gasteiger partial charge on any atom is 0.329 e. The van der Waals surface area contributed by atoms with Crippen molar-refractivity contribution in [3.63, 3.8) is 0 Å². The Morgan fingerprint density at radius 1 is 0.608 bits per heavy atom. The first-order valence-corrected chi connectivity index (χ1v) is 19.3. The lowest BCUT2D eigenvalue weighted by atomic mass is 10.0. The number of rotatable bonds is 31. The van der Waals surface area contributed by atoms with Crippen molar-refractivity contribution in [2.45, 2.75) is 134 Å². The second-order valence-corrected chi connectivity index (χ2v) is 13.4. The summed E-state index contributed by atoms with van der Waals surface area (Å²) in [5.74, 6) is -1.30. The molecular formula is C43H64N2O6. The van der Waals surface area contributed by atoms with Gasteiger partial charge in [0.05, 0.1) is 0 Å². The maximum atomic E-state index is 13.1. The Bertz CT molecular complexity index is 1220. The van der Waals surface area contributed by atoms with E-state index in [9.17, 15) is 19.5 Å². The highest BCUT2D eigenvalue weighted by Gasteiger charge is 2.25. The number of unbranched alkanes of at least 4 members (excludes halogenated alkanes) is 13. The summed E-state index contributed by atoms with van der Waals surface area (Å²) in [4.78, 5) is 39.0. The van der Waals surface area contributed by atoms with Crippen molar-refractivity contribution < 1.29 is 29.0 Å². The van der Waals surface area contributed by atoms with E-state index in [0.29, 0.717) is 19.4 Å². The molecule has 0 aliphatic rings. The fourth-order valence-electron chi connectivity index (χ4n) is 5.86. The molecule has 8 nitrogen and oxygen atoms in total. The summed E-state index contributed by atoms with van der Waals surface area (Å²) in [6.07, 6.45) is 20.2. The van der Waals surface area contributed by atoms with Gasteiger partial charge < -0.3 is 25.2 Å². The number of esters is 2. The van der Waals surface area contributed by atoms with Gasteiger partial charge >= 0.3 is 11.9 Å². The minimum Gasteiger partial charge on any atom is -0.462 e. The van der Waals surface area contributed by atoms with E-state index in [1.165, 1.54) is 32.1 Å². The molecule has 0 aliphatic heterocycles. The fraction of sp³-hybridized carbons (Fsp3) is 0.558. The molecule has 1 amide bonds. The molecule has 0 aliphatic carbocycles. The van der Waals surface area contributed by atoms with Crippen molar-refractivity contribution in [1.29, 1.82) is 0 Å². The lowest BCUT2D eigenvalue weighted by molar-refractivity contribution is -0.155. The van der Waals surface area contributed by atoms with Crippen LogP contribution in [0.15, 0.2) is 86.0 Å². The average Bonchev–Trinajstić information content (AvgIpc) is 3.14. The Kier molecular flexibility index (Phi) is 24.6. The van der Waals surface area contributed by atoms with Gasteiger partial charge in [-0.15, -0.1) is 13.2 Å². The smallest absolute Gasteiger partial charge is 0.329 e. The van der Waals surface area contributed by atoms with Gasteiger partial charge in [0.1, 0.15) is 31.4 Å². The van der Waals surface area contributed by atoms with Crippen molar-refractivity contribution >= 4 is 17.8 Å². The van der Waals surface area contributed by atoms with Crippen LogP contribution in [-0.2, 0) is 36.7 Å². The van der Waals surface area contributed by atoms with Crippen LogP contribution in [0.3, 0.4) is 0 Å². The van der Waals surface area contributed by atoms with Gasteiger partial charge in [-0.25, -0.2) is 4.79 Å². The predicted octanol–water partition coefficient (Wildman–Crippen LogP) is 7.98. The van der Waals surface area contributed by atoms with Gasteiger partial charge in [-0.05, 0) is 62.6 Å². The van der Waals surface area contributed by atoms with E-state index in [-0.39, 0.29) is 25.5 Å². The largest absolute Gasteiger partial charge is 0.462 e. The number of aliphatic hydroxyl groups excluding tert-OH is 1. The first-order chi connectivity index (χ1) is 24.9. The second kappa shape index (κ2) is 28.9. The average molecular weight is 705 g/mol. The van der Waals surface area contributed by atoms with Crippen molar-refractivity contribution in [2.75, 3.05) is 19.8 Å². The Morgan fingerprint density at radius 2 is 1.04 bits per heavy atom. The van der Waals surface area contributed by atoms with Crippen LogP contribution in [0.2, 0.25) is 0 Å². The maximum absolute atomic E-state index is 13.1. The molecule has 0 spiro atoms. The van der Waals surface area contributed by atoms with Crippen molar-refractivity contribution in [2.24, 2.45) is 0 Å². The number of aliphatic hydroxyl groups is 1. The topological polar surface area (TPSA) is 114 Å². The van der Waals surface area contributed by atoms with Gasteiger partial charge in [0.15, 0.2) is 0 Å². The lowest BCUT2D eigenvalue weighted by Gasteiger charge is -2.21. The number of carbonyl (C=O) groups is 3. The van der Waals surface area contributed by atoms with Crippen LogP contribution in [0.25, 0.3) is 0 Å². The number of ether oxygens (including phenoxy) is 2. The standard InChI is InChI=1S/C43H64N2O6/c1-3-5-7-9-11-13-15-17-25-31-44-39(32-36-26-20-18-21-27-36)42(48)50-34-38(46)35-51-43(49)40(33-37-28-22-19-23-29-37)45-41(47)30-24-16-14-12-10-8-6-4-2/h3-4,18-23,26-29,38-40,44,46H,1-2,5-17,24-25,30-35H2,(H,45,47). The zero-order chi connectivity index (χ0) is 36.8. The highest BCUT2D eigenvalue weighted by Crippen LogP contribution is 2.12. The van der Waals surface area contributed by atoms with E-state index in [1.54, 1.807) is 0 Å². The van der Waals surface area contributed by atoms with Gasteiger partial charge in [0.2, 0.25) is 5.91 Å². The molecule has 0 radical (unpaired) electrons. The van der Waals surface area contributed by atoms with E-state index >= 15 is 0 Å². The normalized spacial score (nSPS) is 12.7.